The number of benzene rings is 1. The first-order chi connectivity index (χ1) is 6.41. The number of rotatable bonds is 4. The Balaban J connectivity index is 2.77. The van der Waals surface area contributed by atoms with E-state index in [0.717, 1.165) is 6.16 Å². The van der Waals surface area contributed by atoms with Gasteiger partial charge >= 0.3 is 88.9 Å². The van der Waals surface area contributed by atoms with Crippen molar-refractivity contribution in [3.8, 4) is 0 Å². The Labute approximate surface area is 89.4 Å². The second-order valence-corrected chi connectivity index (χ2v) is 11.7. The molecule has 1 aromatic carbocycles. The number of hydrogen-bond acceptors (Lipinski definition) is 2. The molecule has 14 heavy (non-hydrogen) atoms. The summed E-state index contributed by atoms with van der Waals surface area (Å²) in [5.74, 6) is 0. The first-order valence-corrected chi connectivity index (χ1v) is 8.71. The molecule has 0 aliphatic rings. The van der Waals surface area contributed by atoms with Crippen LogP contribution in [0.2, 0.25) is 0 Å². The molecule has 0 bridgehead atoms. The van der Waals surface area contributed by atoms with Gasteiger partial charge in [-0.05, 0) is 0 Å². The van der Waals surface area contributed by atoms with E-state index in [9.17, 15) is 4.66 Å². The van der Waals surface area contributed by atoms with Gasteiger partial charge in [-0.1, -0.05) is 0 Å². The maximum absolute atomic E-state index is 10.4. The predicted molar refractivity (Wildman–Crippen MR) is 55.9 cm³/mol. The molecule has 1 aromatic rings. The molecule has 0 aliphatic carbocycles. The van der Waals surface area contributed by atoms with Crippen LogP contribution in [0.25, 0.3) is 0 Å². The molecule has 0 radical (unpaired) electrons. The van der Waals surface area contributed by atoms with Crippen molar-refractivity contribution in [2.45, 2.75) is 6.16 Å². The van der Waals surface area contributed by atoms with Crippen molar-refractivity contribution >= 4 is 6.83 Å². The third kappa shape index (κ3) is 3.93. The van der Waals surface area contributed by atoms with Crippen molar-refractivity contribution in [1.82, 2.24) is 0 Å². The second-order valence-electron chi connectivity index (χ2n) is 4.74. The van der Waals surface area contributed by atoms with Crippen LogP contribution in [-0.2, 0) is 10.2 Å². The molecule has 0 aromatic heterocycles. The van der Waals surface area contributed by atoms with Crippen LogP contribution < -0.4 is 4.66 Å². The zero-order valence-electron chi connectivity index (χ0n) is 8.74. The van der Waals surface area contributed by atoms with Crippen LogP contribution in [0, 0.1) is 11.3 Å². The molecule has 0 atom stereocenters. The van der Waals surface area contributed by atoms with Gasteiger partial charge in [0.15, 0.2) is 0 Å². The van der Waals surface area contributed by atoms with Crippen molar-refractivity contribution < 1.29 is 20.1 Å². The second kappa shape index (κ2) is 4.16. The van der Waals surface area contributed by atoms with Gasteiger partial charge in [0.2, 0.25) is 0 Å². The first kappa shape index (κ1) is 11.9. The first-order valence-electron chi connectivity index (χ1n) is 4.41. The van der Waals surface area contributed by atoms with Gasteiger partial charge in [0.1, 0.15) is 0 Å². The average Bonchev–Trinajstić information content (AvgIpc) is 2.03. The predicted octanol–water partition coefficient (Wildman–Crippen LogP) is 1.84. The molecular formula is C10H16ClO2P. The van der Waals surface area contributed by atoms with E-state index in [1.807, 2.05) is 38.2 Å². The minimum atomic E-state index is -2.28. The quantitative estimate of drug-likeness (QED) is 0.745. The molecule has 1 rings (SSSR count). The molecule has 0 fully saturated rings. The molecule has 0 unspecified atom stereocenters. The van der Waals surface area contributed by atoms with Crippen LogP contribution in [0.1, 0.15) is 5.56 Å². The van der Waals surface area contributed by atoms with E-state index in [0.29, 0.717) is 11.3 Å². The Morgan fingerprint density at radius 3 is 2.29 bits per heavy atom. The fourth-order valence-electron chi connectivity index (χ4n) is 1.33. The van der Waals surface area contributed by atoms with E-state index in [1.165, 1.54) is 5.56 Å². The topological polar surface area (TPSA) is 32.3 Å². The van der Waals surface area contributed by atoms with Gasteiger partial charge < -0.3 is 0 Å². The Hall–Kier alpha value is -0.140. The zero-order chi connectivity index (χ0) is 10.7. The summed E-state index contributed by atoms with van der Waals surface area (Å²) in [5, 5.41) is 0. The van der Waals surface area contributed by atoms with E-state index in [-0.39, 0.29) is 0 Å². The maximum atomic E-state index is 10.4. The Morgan fingerprint density at radius 1 is 1.21 bits per heavy atom. The Kier molecular flexibility index (Phi) is 3.54. The Bertz CT molecular complexity index is 292. The molecule has 0 amide bonds. The third-order valence-electron chi connectivity index (χ3n) is 1.85. The standard InChI is InChI=1S/C10H16ClO2P/c1-14(2,3,13-11-12)9-10-7-5-4-6-8-10/h4-8H,9H2,1-3H3. The molecule has 0 saturated heterocycles. The summed E-state index contributed by atoms with van der Waals surface area (Å²) in [5.41, 5.74) is 1.22. The van der Waals surface area contributed by atoms with Crippen molar-refractivity contribution in [3.63, 3.8) is 0 Å². The van der Waals surface area contributed by atoms with Crippen LogP contribution in [-0.4, -0.2) is 20.0 Å². The van der Waals surface area contributed by atoms with Gasteiger partial charge in [-0.2, -0.15) is 0 Å². The fraction of sp³-hybridized carbons (Fsp3) is 0.400. The molecule has 0 heterocycles. The molecule has 2 nitrogen and oxygen atoms in total. The summed E-state index contributed by atoms with van der Waals surface area (Å²) in [4.78, 5) is 0. The third-order valence-corrected chi connectivity index (χ3v) is 5.56. The normalized spacial score (nSPS) is 14.7. The fourth-order valence-corrected chi connectivity index (χ4v) is 3.82. The van der Waals surface area contributed by atoms with Crippen LogP contribution in [0.15, 0.2) is 30.3 Å². The average molecular weight is 235 g/mol. The van der Waals surface area contributed by atoms with Gasteiger partial charge in [-0.25, -0.2) is 0 Å². The van der Waals surface area contributed by atoms with Crippen LogP contribution in [0.5, 0.6) is 0 Å². The molecule has 0 aliphatic heterocycles. The summed E-state index contributed by atoms with van der Waals surface area (Å²) in [6.45, 7) is 3.85. The SMILES string of the molecule is CP(C)(C)(Cc1ccccc1)O[Cl+][O-]. The van der Waals surface area contributed by atoms with Crippen LogP contribution in [0.4, 0.5) is 0 Å². The molecule has 0 saturated carbocycles. The molecule has 0 N–H and O–H groups in total. The summed E-state index contributed by atoms with van der Waals surface area (Å²) >= 11 is 0.682. The van der Waals surface area contributed by atoms with Gasteiger partial charge in [-0.3, -0.25) is 0 Å². The van der Waals surface area contributed by atoms with Gasteiger partial charge in [0.25, 0.3) is 0 Å². The number of halogens is 1. The van der Waals surface area contributed by atoms with Crippen molar-refractivity contribution in [3.05, 3.63) is 35.9 Å². The Morgan fingerprint density at radius 2 is 1.79 bits per heavy atom. The monoisotopic (exact) mass is 234 g/mol. The van der Waals surface area contributed by atoms with E-state index >= 15 is 0 Å². The summed E-state index contributed by atoms with van der Waals surface area (Å²) < 4.78 is 15.7. The van der Waals surface area contributed by atoms with E-state index in [4.69, 9.17) is 4.08 Å². The zero-order valence-corrected chi connectivity index (χ0v) is 10.4. The van der Waals surface area contributed by atoms with Gasteiger partial charge in [0, 0.05) is 0 Å². The minimum absolute atomic E-state index is 0.682. The molecule has 0 spiro atoms. The molecule has 4 heteroatoms. The van der Waals surface area contributed by atoms with E-state index in [1.54, 1.807) is 0 Å². The van der Waals surface area contributed by atoms with E-state index in [2.05, 4.69) is 12.1 Å². The van der Waals surface area contributed by atoms with Crippen LogP contribution in [0.3, 0.4) is 0 Å². The summed E-state index contributed by atoms with van der Waals surface area (Å²) in [7, 11) is 0. The van der Waals surface area contributed by atoms with Crippen molar-refractivity contribution in [1.29, 1.82) is 0 Å². The van der Waals surface area contributed by atoms with E-state index < -0.39 is 6.83 Å². The number of hydrogen-bond donors (Lipinski definition) is 0. The van der Waals surface area contributed by atoms with Crippen molar-refractivity contribution in [2.75, 3.05) is 20.0 Å². The van der Waals surface area contributed by atoms with Gasteiger partial charge in [0.05, 0.1) is 0 Å². The summed E-state index contributed by atoms with van der Waals surface area (Å²) in [6.07, 6.45) is 0.835. The molecular weight excluding hydrogens is 219 g/mol. The van der Waals surface area contributed by atoms with Gasteiger partial charge in [-0.15, -0.1) is 0 Å². The van der Waals surface area contributed by atoms with Crippen molar-refractivity contribution in [2.24, 2.45) is 0 Å². The summed E-state index contributed by atoms with van der Waals surface area (Å²) in [6, 6.07) is 10.1. The van der Waals surface area contributed by atoms with Crippen LogP contribution >= 0.6 is 6.83 Å². The molecule has 80 valence electrons.